The number of amides is 1. The Morgan fingerprint density at radius 2 is 2.07 bits per heavy atom. The van der Waals surface area contributed by atoms with Crippen molar-refractivity contribution < 1.29 is 13.9 Å². The minimum Gasteiger partial charge on any atom is -0.473 e. The number of aryl methyl sites for hydroxylation is 3. The van der Waals surface area contributed by atoms with Crippen LogP contribution in [0, 0.1) is 13.8 Å². The van der Waals surface area contributed by atoms with Crippen molar-refractivity contribution in [2.45, 2.75) is 26.4 Å². The van der Waals surface area contributed by atoms with Crippen molar-refractivity contribution in [3.05, 3.63) is 60.2 Å². The van der Waals surface area contributed by atoms with Gasteiger partial charge in [-0.1, -0.05) is 12.1 Å². The minimum absolute atomic E-state index is 0.113. The number of benzene rings is 1. The van der Waals surface area contributed by atoms with Crippen LogP contribution in [0.5, 0.6) is 5.88 Å². The molecule has 1 atom stereocenters. The molecule has 1 aliphatic heterocycles. The van der Waals surface area contributed by atoms with Crippen LogP contribution in [0.4, 0.5) is 27.8 Å². The maximum absolute atomic E-state index is 13.1. The Kier molecular flexibility index (Phi) is 8.32. The lowest BCUT2D eigenvalue weighted by molar-refractivity contribution is -0.117. The number of para-hydroxylation sites is 1. The van der Waals surface area contributed by atoms with Crippen molar-refractivity contribution in [3.63, 3.8) is 0 Å². The monoisotopic (exact) mass is 599 g/mol. The Hall–Kier alpha value is -5.11. The van der Waals surface area contributed by atoms with E-state index in [9.17, 15) is 9.18 Å². The first-order valence-corrected chi connectivity index (χ1v) is 14.4. The van der Waals surface area contributed by atoms with E-state index in [1.54, 1.807) is 23.1 Å². The number of halogens is 1. The summed E-state index contributed by atoms with van der Waals surface area (Å²) in [6.07, 6.45) is 5.90. The number of anilines is 4. The fourth-order valence-electron chi connectivity index (χ4n) is 5.22. The average Bonchev–Trinajstić information content (AvgIpc) is 3.72. The predicted molar refractivity (Wildman–Crippen MR) is 166 cm³/mol. The van der Waals surface area contributed by atoms with Crippen LogP contribution in [0.15, 0.2) is 48.9 Å². The van der Waals surface area contributed by atoms with Crippen LogP contribution in [0.3, 0.4) is 0 Å². The lowest BCUT2D eigenvalue weighted by Gasteiger charge is -2.16. The van der Waals surface area contributed by atoms with Crippen molar-refractivity contribution in [1.82, 2.24) is 39.6 Å². The number of aromatic amines is 1. The van der Waals surface area contributed by atoms with Crippen LogP contribution in [-0.2, 0) is 11.8 Å². The molecule has 6 rings (SSSR count). The van der Waals surface area contributed by atoms with Crippen molar-refractivity contribution in [1.29, 1.82) is 0 Å². The number of alkyl halides is 1. The highest BCUT2D eigenvalue weighted by molar-refractivity contribution is 6.06. The largest absolute Gasteiger partial charge is 0.473 e. The van der Waals surface area contributed by atoms with Crippen LogP contribution in [-0.4, -0.2) is 84.5 Å². The molecule has 44 heavy (non-hydrogen) atoms. The quantitative estimate of drug-likeness (QED) is 0.176. The van der Waals surface area contributed by atoms with Crippen LogP contribution >= 0.6 is 0 Å². The standard InChI is InChI=1S/C30H34FN11O2/c1-18-14-35-30(37-24-13-19(2)41(3)40-24)39-27(18)22-15-34-28-21(22)5-4-6-23(28)36-25(43)17-42-12-8-20(16-42)44-26-7-10-32-29(38-26)33-11-9-31/h4-7,10,13-15,20,34H,8-9,11-12,16-17H2,1-3H3,(H,36,43)(H,32,33,38)(H,35,37,39,40). The number of ether oxygens (including phenoxy) is 1. The van der Waals surface area contributed by atoms with E-state index in [1.807, 2.05) is 56.3 Å². The van der Waals surface area contributed by atoms with E-state index in [-0.39, 0.29) is 25.1 Å². The van der Waals surface area contributed by atoms with Gasteiger partial charge in [-0.05, 0) is 31.9 Å². The van der Waals surface area contributed by atoms with Gasteiger partial charge in [0.2, 0.25) is 23.7 Å². The molecular weight excluding hydrogens is 565 g/mol. The number of hydrogen-bond donors (Lipinski definition) is 4. The van der Waals surface area contributed by atoms with Crippen molar-refractivity contribution >= 4 is 40.2 Å². The highest BCUT2D eigenvalue weighted by atomic mass is 19.1. The third-order valence-electron chi connectivity index (χ3n) is 7.46. The van der Waals surface area contributed by atoms with E-state index in [4.69, 9.17) is 9.72 Å². The normalized spacial score (nSPS) is 15.0. The molecule has 5 heterocycles. The summed E-state index contributed by atoms with van der Waals surface area (Å²) in [6, 6.07) is 9.40. The number of aromatic nitrogens is 7. The summed E-state index contributed by atoms with van der Waals surface area (Å²) in [5.41, 5.74) is 5.12. The summed E-state index contributed by atoms with van der Waals surface area (Å²) >= 11 is 0. The Morgan fingerprint density at radius 1 is 1.18 bits per heavy atom. The molecule has 1 aromatic carbocycles. The summed E-state index contributed by atoms with van der Waals surface area (Å²) in [4.78, 5) is 36.0. The summed E-state index contributed by atoms with van der Waals surface area (Å²) in [6.45, 7) is 5.10. The fraction of sp³-hybridized carbons (Fsp3) is 0.333. The molecule has 4 aromatic heterocycles. The Balaban J connectivity index is 1.10. The highest BCUT2D eigenvalue weighted by Gasteiger charge is 2.26. The number of nitrogens with zero attached hydrogens (tertiary/aromatic N) is 7. The zero-order chi connectivity index (χ0) is 30.6. The predicted octanol–water partition coefficient (Wildman–Crippen LogP) is 3.98. The summed E-state index contributed by atoms with van der Waals surface area (Å²) in [7, 11) is 1.88. The highest BCUT2D eigenvalue weighted by Crippen LogP contribution is 2.33. The van der Waals surface area contributed by atoms with Crippen LogP contribution in [0.2, 0.25) is 0 Å². The Bertz CT molecular complexity index is 1770. The van der Waals surface area contributed by atoms with Crippen LogP contribution in [0.25, 0.3) is 22.2 Å². The van der Waals surface area contributed by atoms with E-state index < -0.39 is 6.67 Å². The first-order valence-electron chi connectivity index (χ1n) is 14.4. The van der Waals surface area contributed by atoms with E-state index >= 15 is 0 Å². The van der Waals surface area contributed by atoms with Gasteiger partial charge in [-0.15, -0.1) is 0 Å². The number of carbonyl (C=O) groups excluding carboxylic acids is 1. The third-order valence-corrected chi connectivity index (χ3v) is 7.46. The van der Waals surface area contributed by atoms with Gasteiger partial charge in [-0.2, -0.15) is 10.1 Å². The number of hydrogen-bond acceptors (Lipinski definition) is 10. The van der Waals surface area contributed by atoms with Crippen molar-refractivity contribution in [3.8, 4) is 17.1 Å². The van der Waals surface area contributed by atoms with E-state index in [2.05, 4.69) is 41.0 Å². The van der Waals surface area contributed by atoms with Crippen LogP contribution in [0.1, 0.15) is 17.7 Å². The molecule has 0 spiro atoms. The van der Waals surface area contributed by atoms with E-state index in [0.717, 1.165) is 39.8 Å². The van der Waals surface area contributed by atoms with Gasteiger partial charge >= 0.3 is 0 Å². The first kappa shape index (κ1) is 29.0. The number of rotatable bonds is 11. The fourth-order valence-corrected chi connectivity index (χ4v) is 5.22. The van der Waals surface area contributed by atoms with Gasteiger partial charge in [0.15, 0.2) is 5.82 Å². The van der Waals surface area contributed by atoms with Gasteiger partial charge in [0.05, 0.1) is 23.4 Å². The molecule has 5 aromatic rings. The summed E-state index contributed by atoms with van der Waals surface area (Å²) < 4.78 is 20.2. The molecule has 4 N–H and O–H groups in total. The molecule has 0 aliphatic carbocycles. The zero-order valence-electron chi connectivity index (χ0n) is 24.8. The zero-order valence-corrected chi connectivity index (χ0v) is 24.8. The number of likely N-dealkylation sites (tertiary alicyclic amines) is 1. The second-order valence-electron chi connectivity index (χ2n) is 10.7. The minimum atomic E-state index is -0.513. The van der Waals surface area contributed by atoms with Crippen molar-refractivity contribution in [2.24, 2.45) is 7.05 Å². The molecule has 0 radical (unpaired) electrons. The molecule has 14 heteroatoms. The van der Waals surface area contributed by atoms with Gasteiger partial charge in [0.25, 0.3) is 0 Å². The average molecular weight is 600 g/mol. The number of fused-ring (bicyclic) bond motifs is 1. The number of H-pyrrole nitrogens is 1. The SMILES string of the molecule is Cc1cnc(Nc2cc(C)n(C)n2)nc1-c1c[nH]c2c(NC(=O)CN3CCC(Oc4ccnc(NCCF)n4)C3)cccc12. The Labute approximate surface area is 253 Å². The lowest BCUT2D eigenvalue weighted by atomic mass is 10.1. The summed E-state index contributed by atoms with van der Waals surface area (Å²) in [5, 5.41) is 14.4. The smallest absolute Gasteiger partial charge is 0.238 e. The van der Waals surface area contributed by atoms with Crippen molar-refractivity contribution in [2.75, 3.05) is 48.8 Å². The van der Waals surface area contributed by atoms with Gasteiger partial charge in [0.1, 0.15) is 12.8 Å². The van der Waals surface area contributed by atoms with Gasteiger partial charge in [0, 0.05) is 74.0 Å². The van der Waals surface area contributed by atoms with Gasteiger partial charge in [-0.25, -0.2) is 19.3 Å². The number of nitrogens with one attached hydrogen (secondary N) is 4. The molecule has 0 saturated carbocycles. The maximum Gasteiger partial charge on any atom is 0.238 e. The topological polar surface area (TPSA) is 151 Å². The lowest BCUT2D eigenvalue weighted by Crippen LogP contribution is -2.33. The summed E-state index contributed by atoms with van der Waals surface area (Å²) in [5.74, 6) is 1.74. The second-order valence-corrected chi connectivity index (χ2v) is 10.7. The van der Waals surface area contributed by atoms with Crippen LogP contribution < -0.4 is 20.7 Å². The first-order chi connectivity index (χ1) is 21.4. The maximum atomic E-state index is 13.1. The molecule has 228 valence electrons. The third kappa shape index (κ3) is 6.44. The second kappa shape index (κ2) is 12.6. The molecule has 1 aliphatic rings. The molecule has 1 fully saturated rings. The molecule has 0 bridgehead atoms. The van der Waals surface area contributed by atoms with E-state index in [0.29, 0.717) is 42.4 Å². The molecular formula is C30H34FN11O2. The Morgan fingerprint density at radius 3 is 2.89 bits per heavy atom. The molecule has 13 nitrogen and oxygen atoms in total. The number of carbonyl (C=O) groups is 1. The van der Waals surface area contributed by atoms with Gasteiger partial charge in [-0.3, -0.25) is 14.4 Å². The molecule has 1 unspecified atom stereocenters. The molecule has 1 saturated heterocycles. The van der Waals surface area contributed by atoms with Gasteiger partial charge < -0.3 is 25.7 Å². The molecule has 1 amide bonds. The van der Waals surface area contributed by atoms with E-state index in [1.165, 1.54) is 0 Å².